The molecule has 0 amide bonds. The van der Waals surface area contributed by atoms with Gasteiger partial charge in [0, 0.05) is 23.1 Å². The van der Waals surface area contributed by atoms with Gasteiger partial charge in [0.05, 0.1) is 5.41 Å². The predicted octanol–water partition coefficient (Wildman–Crippen LogP) is 3.27. The first-order valence-corrected chi connectivity index (χ1v) is 7.16. The van der Waals surface area contributed by atoms with E-state index in [1.165, 1.54) is 6.07 Å². The Labute approximate surface area is 120 Å². The zero-order valence-corrected chi connectivity index (χ0v) is 12.4. The lowest BCUT2D eigenvalue weighted by Crippen LogP contribution is -2.34. The molecule has 0 radical (unpaired) electrons. The highest BCUT2D eigenvalue weighted by molar-refractivity contribution is 9.10. The highest BCUT2D eigenvalue weighted by Crippen LogP contribution is 2.35. The molecule has 0 spiro atoms. The van der Waals surface area contributed by atoms with Gasteiger partial charge in [-0.05, 0) is 37.6 Å². The second-order valence-electron chi connectivity index (χ2n) is 5.14. The molecule has 19 heavy (non-hydrogen) atoms. The molecule has 1 heterocycles. The van der Waals surface area contributed by atoms with Crippen LogP contribution in [0.3, 0.4) is 0 Å². The van der Waals surface area contributed by atoms with Crippen LogP contribution in [0.4, 0.5) is 4.39 Å². The molecule has 1 unspecified atom stereocenters. The Hall–Kier alpha value is -0.940. The van der Waals surface area contributed by atoms with E-state index in [1.54, 1.807) is 12.1 Å². The van der Waals surface area contributed by atoms with Gasteiger partial charge in [0.2, 0.25) is 0 Å². The Morgan fingerprint density at radius 1 is 1.58 bits per heavy atom. The van der Waals surface area contributed by atoms with Crippen LogP contribution < -0.4 is 0 Å². The van der Waals surface area contributed by atoms with Gasteiger partial charge in [0.15, 0.2) is 0 Å². The minimum absolute atomic E-state index is 0.243. The summed E-state index contributed by atoms with van der Waals surface area (Å²) in [5.74, 6) is -0.986. The molecule has 1 N–H and O–H groups in total. The molecular weight excluding hydrogens is 313 g/mol. The number of nitrogens with zero attached hydrogens (tertiary/aromatic N) is 1. The quantitative estimate of drug-likeness (QED) is 0.921. The summed E-state index contributed by atoms with van der Waals surface area (Å²) in [6.07, 6.45) is 1.24. The maximum Gasteiger partial charge on any atom is 0.310 e. The van der Waals surface area contributed by atoms with Gasteiger partial charge in [0.25, 0.3) is 0 Å². The Bertz CT molecular complexity index is 494. The Balaban J connectivity index is 2.10. The van der Waals surface area contributed by atoms with Gasteiger partial charge in [-0.1, -0.05) is 22.9 Å². The number of hydrogen-bond acceptors (Lipinski definition) is 2. The van der Waals surface area contributed by atoms with E-state index < -0.39 is 11.4 Å². The molecular formula is C14H17BrFNO2. The molecule has 3 nitrogen and oxygen atoms in total. The molecule has 1 aliphatic heterocycles. The second-order valence-corrected chi connectivity index (χ2v) is 6.05. The number of carboxylic acid groups (broad SMARTS) is 1. The van der Waals surface area contributed by atoms with Crippen molar-refractivity contribution >= 4 is 21.9 Å². The summed E-state index contributed by atoms with van der Waals surface area (Å²) in [6.45, 7) is 3.55. The molecule has 1 atom stereocenters. The summed E-state index contributed by atoms with van der Waals surface area (Å²) in [4.78, 5) is 13.4. The summed E-state index contributed by atoms with van der Waals surface area (Å²) in [5, 5.41) is 9.34. The summed E-state index contributed by atoms with van der Waals surface area (Å²) >= 11 is 3.33. The third-order valence-corrected chi connectivity index (χ3v) is 4.46. The predicted molar refractivity (Wildman–Crippen MR) is 74.4 cm³/mol. The van der Waals surface area contributed by atoms with E-state index in [-0.39, 0.29) is 5.82 Å². The number of halogens is 2. The molecule has 1 saturated heterocycles. The van der Waals surface area contributed by atoms with Crippen LogP contribution in [-0.2, 0) is 11.3 Å². The number of rotatable bonds is 4. The number of carboxylic acids is 1. The largest absolute Gasteiger partial charge is 0.481 e. The van der Waals surface area contributed by atoms with Crippen molar-refractivity contribution < 1.29 is 14.3 Å². The number of carbonyl (C=O) groups is 1. The zero-order valence-electron chi connectivity index (χ0n) is 10.8. The van der Waals surface area contributed by atoms with Crippen LogP contribution >= 0.6 is 15.9 Å². The molecule has 1 aromatic carbocycles. The summed E-state index contributed by atoms with van der Waals surface area (Å²) in [5.41, 5.74) is -0.0608. The summed E-state index contributed by atoms with van der Waals surface area (Å²) < 4.78 is 14.5. The molecule has 1 aliphatic rings. The standard InChI is InChI=1S/C14H17BrFNO2/c1-2-14(13(18)19)5-6-17(9-14)8-10-7-11(15)3-4-12(10)16/h3-4,7H,2,5-6,8-9H2,1H3,(H,18,19). The number of aliphatic carboxylic acids is 1. The minimum atomic E-state index is -0.743. The SMILES string of the molecule is CCC1(C(=O)O)CCN(Cc2cc(Br)ccc2F)C1. The Morgan fingerprint density at radius 3 is 2.89 bits per heavy atom. The van der Waals surface area contributed by atoms with Crippen LogP contribution in [0, 0.1) is 11.2 Å². The van der Waals surface area contributed by atoms with Crippen LogP contribution in [-0.4, -0.2) is 29.1 Å². The van der Waals surface area contributed by atoms with Crippen LogP contribution in [0.2, 0.25) is 0 Å². The second kappa shape index (κ2) is 5.59. The number of hydrogen-bond donors (Lipinski definition) is 1. The monoisotopic (exact) mass is 329 g/mol. The van der Waals surface area contributed by atoms with E-state index in [4.69, 9.17) is 0 Å². The first kappa shape index (κ1) is 14.5. The summed E-state index contributed by atoms with van der Waals surface area (Å²) in [6, 6.07) is 4.85. The van der Waals surface area contributed by atoms with Crippen molar-refractivity contribution in [2.45, 2.75) is 26.3 Å². The van der Waals surface area contributed by atoms with Gasteiger partial charge in [-0.2, -0.15) is 0 Å². The molecule has 0 saturated carbocycles. The third kappa shape index (κ3) is 2.98. The van der Waals surface area contributed by atoms with Gasteiger partial charge >= 0.3 is 5.97 Å². The molecule has 0 aliphatic carbocycles. The third-order valence-electron chi connectivity index (χ3n) is 3.97. The van der Waals surface area contributed by atoms with Gasteiger partial charge < -0.3 is 5.11 Å². The maximum absolute atomic E-state index is 13.7. The lowest BCUT2D eigenvalue weighted by Gasteiger charge is -2.23. The van der Waals surface area contributed by atoms with E-state index >= 15 is 0 Å². The van der Waals surface area contributed by atoms with Crippen molar-refractivity contribution in [1.82, 2.24) is 4.90 Å². The lowest BCUT2D eigenvalue weighted by molar-refractivity contribution is -0.148. The maximum atomic E-state index is 13.7. The Morgan fingerprint density at radius 2 is 2.32 bits per heavy atom. The minimum Gasteiger partial charge on any atom is -0.481 e. The smallest absolute Gasteiger partial charge is 0.310 e. The first-order chi connectivity index (χ1) is 8.97. The van der Waals surface area contributed by atoms with E-state index in [0.29, 0.717) is 38.0 Å². The van der Waals surface area contributed by atoms with Crippen LogP contribution in [0.1, 0.15) is 25.3 Å². The van der Waals surface area contributed by atoms with E-state index in [2.05, 4.69) is 15.9 Å². The molecule has 2 rings (SSSR count). The zero-order chi connectivity index (χ0) is 14.0. The van der Waals surface area contributed by atoms with E-state index in [0.717, 1.165) is 4.47 Å². The fraction of sp³-hybridized carbons (Fsp3) is 0.500. The molecule has 1 aromatic rings. The Kier molecular flexibility index (Phi) is 4.26. The molecule has 104 valence electrons. The van der Waals surface area contributed by atoms with Crippen LogP contribution in [0.25, 0.3) is 0 Å². The average molecular weight is 330 g/mol. The average Bonchev–Trinajstić information content (AvgIpc) is 2.79. The number of likely N-dealkylation sites (tertiary alicyclic amines) is 1. The van der Waals surface area contributed by atoms with Gasteiger partial charge in [-0.3, -0.25) is 9.69 Å². The molecule has 0 aromatic heterocycles. The van der Waals surface area contributed by atoms with Gasteiger partial charge in [-0.25, -0.2) is 4.39 Å². The fourth-order valence-corrected chi connectivity index (χ4v) is 3.02. The van der Waals surface area contributed by atoms with Gasteiger partial charge in [0.1, 0.15) is 5.82 Å². The van der Waals surface area contributed by atoms with Crippen LogP contribution in [0.15, 0.2) is 22.7 Å². The molecule has 1 fully saturated rings. The van der Waals surface area contributed by atoms with Crippen molar-refractivity contribution in [3.05, 3.63) is 34.1 Å². The molecule has 0 bridgehead atoms. The highest BCUT2D eigenvalue weighted by Gasteiger charge is 2.43. The topological polar surface area (TPSA) is 40.5 Å². The van der Waals surface area contributed by atoms with Crippen molar-refractivity contribution in [2.75, 3.05) is 13.1 Å². The van der Waals surface area contributed by atoms with Crippen LogP contribution in [0.5, 0.6) is 0 Å². The normalized spacial score (nSPS) is 23.7. The number of benzene rings is 1. The van der Waals surface area contributed by atoms with Crippen molar-refractivity contribution in [2.24, 2.45) is 5.41 Å². The van der Waals surface area contributed by atoms with E-state index in [1.807, 2.05) is 11.8 Å². The highest BCUT2D eigenvalue weighted by atomic mass is 79.9. The van der Waals surface area contributed by atoms with Crippen molar-refractivity contribution in [1.29, 1.82) is 0 Å². The van der Waals surface area contributed by atoms with Gasteiger partial charge in [-0.15, -0.1) is 0 Å². The van der Waals surface area contributed by atoms with Crippen molar-refractivity contribution in [3.8, 4) is 0 Å². The van der Waals surface area contributed by atoms with Crippen molar-refractivity contribution in [3.63, 3.8) is 0 Å². The lowest BCUT2D eigenvalue weighted by atomic mass is 9.84. The first-order valence-electron chi connectivity index (χ1n) is 6.36. The fourth-order valence-electron chi connectivity index (χ4n) is 2.61. The van der Waals surface area contributed by atoms with E-state index in [9.17, 15) is 14.3 Å². The molecule has 5 heteroatoms. The summed E-state index contributed by atoms with van der Waals surface area (Å²) in [7, 11) is 0.